The van der Waals surface area contributed by atoms with Gasteiger partial charge in [0.25, 0.3) is 0 Å². The Hall–Kier alpha value is -3.60. The lowest BCUT2D eigenvalue weighted by Gasteiger charge is -2.28. The third-order valence-corrected chi connectivity index (χ3v) is 5.12. The monoisotopic (exact) mass is 475 g/mol. The molecule has 3 aromatic rings. The summed E-state index contributed by atoms with van der Waals surface area (Å²) in [5, 5.41) is 2.86. The van der Waals surface area contributed by atoms with E-state index in [1.165, 1.54) is 18.3 Å². The Kier molecular flexibility index (Phi) is 7.01. The zero-order chi connectivity index (χ0) is 24.1. The molecule has 1 saturated heterocycles. The number of hydrogen-bond acceptors (Lipinski definition) is 7. The molecule has 0 spiro atoms. The van der Waals surface area contributed by atoms with E-state index in [1.807, 2.05) is 0 Å². The van der Waals surface area contributed by atoms with Crippen molar-refractivity contribution in [1.82, 2.24) is 15.0 Å². The number of anilines is 3. The van der Waals surface area contributed by atoms with Crippen LogP contribution in [0, 0.1) is 5.82 Å². The Balaban J connectivity index is 1.36. The van der Waals surface area contributed by atoms with Crippen molar-refractivity contribution in [2.45, 2.75) is 19.0 Å². The fourth-order valence-electron chi connectivity index (χ4n) is 3.46. The van der Waals surface area contributed by atoms with Gasteiger partial charge in [-0.15, -0.1) is 0 Å². The van der Waals surface area contributed by atoms with E-state index in [0.29, 0.717) is 37.7 Å². The van der Waals surface area contributed by atoms with Crippen LogP contribution in [0.5, 0.6) is 0 Å². The first-order chi connectivity index (χ1) is 16.3. The van der Waals surface area contributed by atoms with Gasteiger partial charge in [-0.3, -0.25) is 9.78 Å². The highest BCUT2D eigenvalue weighted by molar-refractivity contribution is 5.82. The van der Waals surface area contributed by atoms with Gasteiger partial charge in [-0.1, -0.05) is 6.07 Å². The summed E-state index contributed by atoms with van der Waals surface area (Å²) in [6, 6.07) is 8.06. The number of ketones is 1. The Labute approximate surface area is 192 Å². The summed E-state index contributed by atoms with van der Waals surface area (Å²) in [4.78, 5) is 26.6. The van der Waals surface area contributed by atoms with E-state index in [0.717, 1.165) is 18.3 Å². The van der Waals surface area contributed by atoms with Crippen LogP contribution in [-0.4, -0.2) is 47.0 Å². The summed E-state index contributed by atoms with van der Waals surface area (Å²) in [6.07, 6.45) is -2.00. The molecule has 3 heterocycles. The number of pyridine rings is 1. The van der Waals surface area contributed by atoms with Crippen LogP contribution in [0.1, 0.15) is 17.1 Å². The zero-order valence-electron chi connectivity index (χ0n) is 18.0. The van der Waals surface area contributed by atoms with E-state index in [4.69, 9.17) is 4.74 Å². The van der Waals surface area contributed by atoms with Crippen LogP contribution in [0.15, 0.2) is 48.8 Å². The predicted molar refractivity (Wildman–Crippen MR) is 116 cm³/mol. The normalized spacial score (nSPS) is 14.2. The van der Waals surface area contributed by atoms with Gasteiger partial charge in [0.1, 0.15) is 11.6 Å². The number of nitrogens with one attached hydrogen (secondary N) is 1. The third-order valence-electron chi connectivity index (χ3n) is 5.12. The molecule has 11 heteroatoms. The van der Waals surface area contributed by atoms with Gasteiger partial charge in [0, 0.05) is 30.9 Å². The summed E-state index contributed by atoms with van der Waals surface area (Å²) in [5.74, 6) is -0.380. The van der Waals surface area contributed by atoms with Crippen LogP contribution in [0.3, 0.4) is 0 Å². The minimum atomic E-state index is -4.43. The standard InChI is InChI=1S/C23H21F4N5O2/c24-20-14-29-21(31-22(20)32-6-8-34-9-7-32)12-19(33)11-16-4-5-18(13-28-16)30-17-3-1-2-15(10-17)23(25,26)27/h1-5,10,13-14,30H,6-9,11-12H2. The lowest BCUT2D eigenvalue weighted by molar-refractivity contribution is -0.137. The maximum Gasteiger partial charge on any atom is 0.416 e. The smallest absolute Gasteiger partial charge is 0.378 e. The molecular weight excluding hydrogens is 454 g/mol. The van der Waals surface area contributed by atoms with Crippen molar-refractivity contribution in [3.8, 4) is 0 Å². The number of aromatic nitrogens is 3. The SMILES string of the molecule is O=C(Cc1ccc(Nc2cccc(C(F)(F)F)c2)cn1)Cc1ncc(F)c(N2CCOCC2)n1. The molecule has 1 aliphatic heterocycles. The maximum atomic E-state index is 14.1. The second-order valence-electron chi connectivity index (χ2n) is 7.69. The van der Waals surface area contributed by atoms with Crippen LogP contribution in [0.2, 0.25) is 0 Å². The van der Waals surface area contributed by atoms with Crippen molar-refractivity contribution >= 4 is 23.0 Å². The Morgan fingerprint density at radius 1 is 1.03 bits per heavy atom. The third kappa shape index (κ3) is 6.04. The summed E-state index contributed by atoms with van der Waals surface area (Å²) in [7, 11) is 0. The first-order valence-corrected chi connectivity index (χ1v) is 10.5. The van der Waals surface area contributed by atoms with E-state index >= 15 is 0 Å². The Morgan fingerprint density at radius 2 is 1.82 bits per heavy atom. The fraction of sp³-hybridized carbons (Fsp3) is 0.304. The highest BCUT2D eigenvalue weighted by Crippen LogP contribution is 2.31. The van der Waals surface area contributed by atoms with Crippen LogP contribution >= 0.6 is 0 Å². The van der Waals surface area contributed by atoms with Gasteiger partial charge in [0.2, 0.25) is 0 Å². The van der Waals surface area contributed by atoms with Gasteiger partial charge in [-0.25, -0.2) is 14.4 Å². The average Bonchev–Trinajstić information content (AvgIpc) is 2.82. The number of nitrogens with zero attached hydrogens (tertiary/aromatic N) is 4. The minimum Gasteiger partial charge on any atom is -0.378 e. The van der Waals surface area contributed by atoms with E-state index in [9.17, 15) is 22.4 Å². The van der Waals surface area contributed by atoms with Crippen molar-refractivity contribution in [3.63, 3.8) is 0 Å². The van der Waals surface area contributed by atoms with E-state index < -0.39 is 17.6 Å². The minimum absolute atomic E-state index is 0.0114. The van der Waals surface area contributed by atoms with Crippen LogP contribution in [-0.2, 0) is 28.5 Å². The number of ether oxygens (including phenoxy) is 1. The summed E-state index contributed by atoms with van der Waals surface area (Å²) in [6.45, 7) is 1.96. The predicted octanol–water partition coefficient (Wildman–Crippen LogP) is 3.96. The molecule has 0 aliphatic carbocycles. The molecule has 7 nitrogen and oxygen atoms in total. The van der Waals surface area contributed by atoms with Crippen molar-refractivity contribution in [2.24, 2.45) is 0 Å². The second-order valence-corrected chi connectivity index (χ2v) is 7.69. The number of morpholine rings is 1. The number of hydrogen-bond donors (Lipinski definition) is 1. The second kappa shape index (κ2) is 10.1. The van der Waals surface area contributed by atoms with Gasteiger partial charge in [-0.05, 0) is 30.3 Å². The molecule has 4 rings (SSSR count). The van der Waals surface area contributed by atoms with Gasteiger partial charge in [0.05, 0.1) is 43.3 Å². The number of benzene rings is 1. The molecule has 1 fully saturated rings. The number of carbonyl (C=O) groups excluding carboxylic acids is 1. The van der Waals surface area contributed by atoms with Gasteiger partial charge >= 0.3 is 6.18 Å². The number of rotatable bonds is 7. The van der Waals surface area contributed by atoms with E-state index in [-0.39, 0.29) is 36.0 Å². The molecule has 1 aliphatic rings. The van der Waals surface area contributed by atoms with Crippen LogP contribution in [0.25, 0.3) is 0 Å². The highest BCUT2D eigenvalue weighted by Gasteiger charge is 2.30. The number of carbonyl (C=O) groups is 1. The molecule has 34 heavy (non-hydrogen) atoms. The molecule has 0 bridgehead atoms. The van der Waals surface area contributed by atoms with E-state index in [1.54, 1.807) is 17.0 Å². The van der Waals surface area contributed by atoms with Gasteiger partial charge in [-0.2, -0.15) is 13.2 Å². The molecule has 0 unspecified atom stereocenters. The quantitative estimate of drug-likeness (QED) is 0.518. The highest BCUT2D eigenvalue weighted by atomic mass is 19.4. The maximum absolute atomic E-state index is 14.1. The van der Waals surface area contributed by atoms with Crippen LogP contribution < -0.4 is 10.2 Å². The van der Waals surface area contributed by atoms with Crippen molar-refractivity contribution in [2.75, 3.05) is 36.5 Å². The number of alkyl halides is 3. The molecule has 0 saturated carbocycles. The fourth-order valence-corrected chi connectivity index (χ4v) is 3.46. The Bertz CT molecular complexity index is 1150. The zero-order valence-corrected chi connectivity index (χ0v) is 18.0. The molecule has 2 aromatic heterocycles. The lowest BCUT2D eigenvalue weighted by atomic mass is 10.1. The molecule has 178 valence electrons. The molecule has 0 atom stereocenters. The van der Waals surface area contributed by atoms with E-state index in [2.05, 4.69) is 20.3 Å². The first-order valence-electron chi connectivity index (χ1n) is 10.5. The number of halogens is 4. The first kappa shape index (κ1) is 23.6. The van der Waals surface area contributed by atoms with Crippen LogP contribution in [0.4, 0.5) is 34.8 Å². The van der Waals surface area contributed by atoms with Crippen molar-refractivity contribution in [3.05, 3.63) is 71.7 Å². The molecule has 0 radical (unpaired) electrons. The topological polar surface area (TPSA) is 80.2 Å². The largest absolute Gasteiger partial charge is 0.416 e. The van der Waals surface area contributed by atoms with Gasteiger partial charge < -0.3 is 15.0 Å². The summed E-state index contributed by atoms with van der Waals surface area (Å²) >= 11 is 0. The molecular formula is C23H21F4N5O2. The molecule has 1 N–H and O–H groups in total. The Morgan fingerprint density at radius 3 is 2.53 bits per heavy atom. The summed E-state index contributed by atoms with van der Waals surface area (Å²) < 4.78 is 58.0. The number of Topliss-reactive ketones (excluding diaryl/α,β-unsaturated/α-hetero) is 1. The van der Waals surface area contributed by atoms with Gasteiger partial charge in [0.15, 0.2) is 11.6 Å². The summed E-state index contributed by atoms with van der Waals surface area (Å²) in [5.41, 5.74) is 0.472. The van der Waals surface area contributed by atoms with Crippen molar-refractivity contribution < 1.29 is 27.1 Å². The molecule has 0 amide bonds. The average molecular weight is 475 g/mol. The lowest BCUT2D eigenvalue weighted by Crippen LogP contribution is -2.37. The molecule has 1 aromatic carbocycles. The van der Waals surface area contributed by atoms with Crippen molar-refractivity contribution in [1.29, 1.82) is 0 Å².